The van der Waals surface area contributed by atoms with Crippen LogP contribution in [0.4, 0.5) is 5.69 Å². The van der Waals surface area contributed by atoms with Gasteiger partial charge in [-0.25, -0.2) is 0 Å². The molecule has 4 rings (SSSR count). The number of nitrogens with zero attached hydrogens (tertiary/aromatic N) is 1. The fourth-order valence-corrected chi connectivity index (χ4v) is 3.84. The van der Waals surface area contributed by atoms with E-state index in [1.54, 1.807) is 7.11 Å². The summed E-state index contributed by atoms with van der Waals surface area (Å²) in [5.74, 6) is 2.58. The first-order valence-corrected chi connectivity index (χ1v) is 9.09. The maximum atomic E-state index is 12.5. The van der Waals surface area contributed by atoms with Crippen molar-refractivity contribution in [2.75, 3.05) is 25.1 Å². The molecule has 1 saturated carbocycles. The fourth-order valence-electron chi connectivity index (χ4n) is 3.84. The number of aromatic amines is 1. The maximum absolute atomic E-state index is 12.5. The molecule has 0 spiro atoms. The number of pyridine rings is 1. The number of piperidine rings is 1. The van der Waals surface area contributed by atoms with Crippen molar-refractivity contribution in [1.29, 1.82) is 0 Å². The minimum Gasteiger partial charge on any atom is -0.385 e. The molecule has 1 aromatic carbocycles. The average Bonchev–Trinajstić information content (AvgIpc) is 3.40. The van der Waals surface area contributed by atoms with Gasteiger partial charge in [0.25, 0.3) is 5.56 Å². The Morgan fingerprint density at radius 2 is 1.96 bits per heavy atom. The number of aromatic nitrogens is 1. The minimum atomic E-state index is -0.728. The normalized spacial score (nSPS) is 20.8. The Balaban J connectivity index is 1.86. The van der Waals surface area contributed by atoms with Crippen LogP contribution in [-0.4, -0.2) is 35.9 Å². The smallest absolute Gasteiger partial charge is 0.266 e. The largest absolute Gasteiger partial charge is 0.385 e. The molecule has 2 aliphatic rings. The van der Waals surface area contributed by atoms with Crippen molar-refractivity contribution in [3.63, 3.8) is 0 Å². The first kappa shape index (κ1) is 17.1. The van der Waals surface area contributed by atoms with E-state index in [1.165, 1.54) is 0 Å². The van der Waals surface area contributed by atoms with Crippen LogP contribution in [0.1, 0.15) is 43.7 Å². The lowest BCUT2D eigenvalue weighted by atomic mass is 9.92. The third-order valence-corrected chi connectivity index (χ3v) is 6.02. The van der Waals surface area contributed by atoms with Crippen LogP contribution in [0.5, 0.6) is 0 Å². The summed E-state index contributed by atoms with van der Waals surface area (Å²) in [4.78, 5) is 17.6. The monoisotopic (exact) mass is 352 g/mol. The van der Waals surface area contributed by atoms with Gasteiger partial charge in [0.2, 0.25) is 0 Å². The van der Waals surface area contributed by atoms with Crippen LogP contribution >= 0.6 is 0 Å². The van der Waals surface area contributed by atoms with Crippen LogP contribution in [0, 0.1) is 12.3 Å². The Kier molecular flexibility index (Phi) is 3.87. The molecule has 5 heteroatoms. The Morgan fingerprint density at radius 1 is 1.27 bits per heavy atom. The summed E-state index contributed by atoms with van der Waals surface area (Å²) < 4.78 is 5.63. The number of hydrogen-bond donors (Lipinski definition) is 2. The summed E-state index contributed by atoms with van der Waals surface area (Å²) in [6, 6.07) is 5.75. The number of nitrogens with one attached hydrogen (secondary N) is 1. The van der Waals surface area contributed by atoms with Gasteiger partial charge in [-0.1, -0.05) is 12.0 Å². The zero-order chi connectivity index (χ0) is 18.5. The van der Waals surface area contributed by atoms with Crippen LogP contribution in [-0.2, 0) is 10.3 Å². The molecule has 1 saturated heterocycles. The number of H-pyrrole nitrogens is 1. The number of benzene rings is 1. The number of aliphatic hydroxyl groups is 1. The predicted octanol–water partition coefficient (Wildman–Crippen LogP) is 2.50. The summed E-state index contributed by atoms with van der Waals surface area (Å²) in [7, 11) is 1.74. The molecule has 136 valence electrons. The van der Waals surface area contributed by atoms with Crippen LogP contribution in [0.15, 0.2) is 23.0 Å². The van der Waals surface area contributed by atoms with E-state index in [-0.39, 0.29) is 11.2 Å². The molecule has 0 radical (unpaired) electrons. The number of hydrogen-bond acceptors (Lipinski definition) is 4. The van der Waals surface area contributed by atoms with E-state index >= 15 is 0 Å². The quantitative estimate of drug-likeness (QED) is 0.833. The summed E-state index contributed by atoms with van der Waals surface area (Å²) in [6.07, 6.45) is 8.97. The fraction of sp³-hybridized carbons (Fsp3) is 0.476. The zero-order valence-corrected chi connectivity index (χ0v) is 15.3. The van der Waals surface area contributed by atoms with Gasteiger partial charge >= 0.3 is 0 Å². The lowest BCUT2D eigenvalue weighted by Gasteiger charge is -2.40. The van der Waals surface area contributed by atoms with Crippen molar-refractivity contribution in [2.24, 2.45) is 0 Å². The van der Waals surface area contributed by atoms with Crippen LogP contribution in [0.25, 0.3) is 10.9 Å². The Morgan fingerprint density at radius 3 is 2.54 bits per heavy atom. The van der Waals surface area contributed by atoms with Gasteiger partial charge in [0.15, 0.2) is 0 Å². The minimum absolute atomic E-state index is 0.141. The van der Waals surface area contributed by atoms with E-state index in [9.17, 15) is 9.90 Å². The molecule has 2 heterocycles. The number of terminal acetylenes is 1. The SMILES string of the molecule is C#Cc1c(N2CCC(C)(OC)CC2)c2cc(C3(O)CC3)ccc2[nH]c1=O. The zero-order valence-electron chi connectivity index (χ0n) is 15.3. The van der Waals surface area contributed by atoms with E-state index in [0.717, 1.165) is 60.9 Å². The molecule has 26 heavy (non-hydrogen) atoms. The molecule has 1 aliphatic heterocycles. The molecule has 0 atom stereocenters. The van der Waals surface area contributed by atoms with Gasteiger partial charge in [0.05, 0.1) is 22.4 Å². The number of fused-ring (bicyclic) bond motifs is 1. The van der Waals surface area contributed by atoms with E-state index < -0.39 is 5.60 Å². The number of methoxy groups -OCH3 is 1. The molecular formula is C21H24N2O3. The lowest BCUT2D eigenvalue weighted by Crippen LogP contribution is -2.44. The third kappa shape index (κ3) is 2.70. The third-order valence-electron chi connectivity index (χ3n) is 6.02. The van der Waals surface area contributed by atoms with E-state index in [4.69, 9.17) is 11.2 Å². The number of rotatable bonds is 3. The molecule has 0 bridgehead atoms. The van der Waals surface area contributed by atoms with Crippen molar-refractivity contribution in [3.8, 4) is 12.3 Å². The van der Waals surface area contributed by atoms with Gasteiger partial charge in [0.1, 0.15) is 5.56 Å². The first-order valence-electron chi connectivity index (χ1n) is 9.09. The van der Waals surface area contributed by atoms with Gasteiger partial charge in [-0.3, -0.25) is 4.79 Å². The Hall–Kier alpha value is -2.29. The molecule has 0 amide bonds. The molecule has 1 aliphatic carbocycles. The number of ether oxygens (including phenoxy) is 1. The topological polar surface area (TPSA) is 65.6 Å². The molecule has 0 unspecified atom stereocenters. The first-order chi connectivity index (χ1) is 12.4. The van der Waals surface area contributed by atoms with Crippen molar-refractivity contribution in [2.45, 2.75) is 43.8 Å². The van der Waals surface area contributed by atoms with Gasteiger partial charge in [0, 0.05) is 25.6 Å². The van der Waals surface area contributed by atoms with Crippen LogP contribution in [0.3, 0.4) is 0 Å². The van der Waals surface area contributed by atoms with Crippen molar-refractivity contribution < 1.29 is 9.84 Å². The predicted molar refractivity (Wildman–Crippen MR) is 102 cm³/mol. The summed E-state index contributed by atoms with van der Waals surface area (Å²) >= 11 is 0. The van der Waals surface area contributed by atoms with Crippen molar-refractivity contribution >= 4 is 16.6 Å². The molecular weight excluding hydrogens is 328 g/mol. The van der Waals surface area contributed by atoms with Crippen molar-refractivity contribution in [3.05, 3.63) is 39.7 Å². The second-order valence-corrected chi connectivity index (χ2v) is 7.76. The molecule has 5 nitrogen and oxygen atoms in total. The highest BCUT2D eigenvalue weighted by molar-refractivity contribution is 5.95. The second-order valence-electron chi connectivity index (χ2n) is 7.76. The van der Waals surface area contributed by atoms with E-state index in [0.29, 0.717) is 5.56 Å². The van der Waals surface area contributed by atoms with Gasteiger partial charge in [-0.2, -0.15) is 0 Å². The molecule has 1 aromatic heterocycles. The molecule has 2 fully saturated rings. The van der Waals surface area contributed by atoms with Crippen LogP contribution < -0.4 is 10.5 Å². The second kappa shape index (κ2) is 5.87. The molecule has 2 aromatic rings. The van der Waals surface area contributed by atoms with Gasteiger partial charge in [-0.15, -0.1) is 6.42 Å². The highest BCUT2D eigenvalue weighted by Crippen LogP contribution is 2.46. The van der Waals surface area contributed by atoms with Gasteiger partial charge < -0.3 is 19.7 Å². The highest BCUT2D eigenvalue weighted by atomic mass is 16.5. The lowest BCUT2D eigenvalue weighted by molar-refractivity contribution is -0.0132. The van der Waals surface area contributed by atoms with Crippen molar-refractivity contribution in [1.82, 2.24) is 4.98 Å². The standard InChI is InChI=1S/C21H24N2O3/c1-4-15-18(23-11-9-20(2,26-3)10-12-23)16-13-14(21(25)7-8-21)5-6-17(16)22-19(15)24/h1,5-6,13,25H,7-12H2,2-3H3,(H,22,24). The van der Waals surface area contributed by atoms with E-state index in [2.05, 4.69) is 22.7 Å². The summed E-state index contributed by atoms with van der Waals surface area (Å²) in [5, 5.41) is 11.4. The molecule has 2 N–H and O–H groups in total. The highest BCUT2D eigenvalue weighted by Gasteiger charge is 2.42. The average molecular weight is 352 g/mol. The number of anilines is 1. The van der Waals surface area contributed by atoms with Crippen LogP contribution in [0.2, 0.25) is 0 Å². The van der Waals surface area contributed by atoms with E-state index in [1.807, 2.05) is 18.2 Å². The van der Waals surface area contributed by atoms with Gasteiger partial charge in [-0.05, 0) is 50.3 Å². The summed E-state index contributed by atoms with van der Waals surface area (Å²) in [6.45, 7) is 3.65. The Bertz CT molecular complexity index is 958. The Labute approximate surface area is 153 Å². The summed E-state index contributed by atoms with van der Waals surface area (Å²) in [5.41, 5.74) is 1.69. The maximum Gasteiger partial charge on any atom is 0.266 e.